The molecule has 0 saturated carbocycles. The number of nitrogens with one attached hydrogen (secondary N) is 1. The molecule has 0 unspecified atom stereocenters. The normalized spacial score (nSPS) is 11.8. The Kier molecular flexibility index (Phi) is 6.07. The summed E-state index contributed by atoms with van der Waals surface area (Å²) in [4.78, 5) is 11.6. The Morgan fingerprint density at radius 3 is 2.70 bits per heavy atom. The summed E-state index contributed by atoms with van der Waals surface area (Å²) < 4.78 is 42.7. The minimum absolute atomic E-state index is 0.0887. The van der Waals surface area contributed by atoms with Crippen LogP contribution in [0.2, 0.25) is 0 Å². The number of anilines is 2. The molecule has 174 valence electrons. The van der Waals surface area contributed by atoms with E-state index in [4.69, 9.17) is 11.6 Å². The predicted octanol–water partition coefficient (Wildman–Crippen LogP) is 1.79. The maximum absolute atomic E-state index is 13.4. The first-order valence-corrected chi connectivity index (χ1v) is 11.0. The molecule has 0 aliphatic carbocycles. The Labute approximate surface area is 192 Å². The van der Waals surface area contributed by atoms with Crippen LogP contribution in [0.1, 0.15) is 22.8 Å². The molecule has 0 fully saturated rings. The number of hydrogen-bond acceptors (Lipinski definition) is 12. The van der Waals surface area contributed by atoms with Crippen molar-refractivity contribution in [2.24, 2.45) is 0 Å². The topological polar surface area (TPSA) is 164 Å². The van der Waals surface area contributed by atoms with Crippen LogP contribution >= 0.6 is 23.1 Å². The van der Waals surface area contributed by atoms with Crippen LogP contribution in [0.4, 0.5) is 24.1 Å². The maximum Gasteiger partial charge on any atom is 0.435 e. The van der Waals surface area contributed by atoms with Crippen LogP contribution in [0.25, 0.3) is 10.7 Å². The number of halogens is 3. The van der Waals surface area contributed by atoms with Gasteiger partial charge in [-0.15, -0.1) is 15.3 Å². The van der Waals surface area contributed by atoms with E-state index >= 15 is 0 Å². The van der Waals surface area contributed by atoms with Crippen LogP contribution in [0.5, 0.6) is 0 Å². The number of rotatable bonds is 7. The lowest BCUT2D eigenvalue weighted by atomic mass is 10.3. The summed E-state index contributed by atoms with van der Waals surface area (Å²) in [6.45, 7) is 2.07. The minimum Gasteiger partial charge on any atom is -0.383 e. The molecule has 4 aromatic rings. The second kappa shape index (κ2) is 8.81. The third-order valence-electron chi connectivity index (χ3n) is 4.26. The molecule has 0 spiro atoms. The number of hydrogen-bond donors (Lipinski definition) is 3. The maximum atomic E-state index is 13.4. The molecule has 4 heterocycles. The van der Waals surface area contributed by atoms with Crippen molar-refractivity contribution < 1.29 is 13.2 Å². The van der Waals surface area contributed by atoms with Crippen LogP contribution in [0.15, 0.2) is 17.6 Å². The van der Waals surface area contributed by atoms with E-state index in [9.17, 15) is 13.2 Å². The molecule has 0 radical (unpaired) electrons. The first kappa shape index (κ1) is 22.7. The van der Waals surface area contributed by atoms with Crippen molar-refractivity contribution in [2.45, 2.75) is 30.6 Å². The first-order valence-electron chi connectivity index (χ1n) is 9.22. The van der Waals surface area contributed by atoms with Crippen molar-refractivity contribution in [3.05, 3.63) is 35.2 Å². The highest BCUT2D eigenvalue weighted by molar-refractivity contribution is 7.98. The number of thiazole rings is 1. The Morgan fingerprint density at radius 1 is 1.21 bits per heavy atom. The van der Waals surface area contributed by atoms with Crippen molar-refractivity contribution >= 4 is 34.0 Å². The Balaban J connectivity index is 1.48. The molecule has 0 aliphatic rings. The molecule has 0 amide bonds. The standard InChI is InChI=1S/C16H17F3N12S2/c1-7-23-3-8(12(20)24-7)4-30-5-9(26-29-30)6-32-15-28-27-13(31(15)21)10-11(16(17,18)19)25-14(22-2)33-10/h3,5H,4,6,21H2,1-2H3,(H,22,25)(H2,20,23,24). The lowest BCUT2D eigenvalue weighted by molar-refractivity contribution is -0.140. The van der Waals surface area contributed by atoms with E-state index in [2.05, 4.69) is 40.8 Å². The van der Waals surface area contributed by atoms with Crippen LogP contribution < -0.4 is 16.9 Å². The largest absolute Gasteiger partial charge is 0.435 e. The number of alkyl halides is 3. The lowest BCUT2D eigenvalue weighted by Crippen LogP contribution is -2.14. The van der Waals surface area contributed by atoms with Crippen LogP contribution in [-0.4, -0.2) is 51.9 Å². The fraction of sp³-hybridized carbons (Fsp3) is 0.312. The van der Waals surface area contributed by atoms with Gasteiger partial charge >= 0.3 is 6.18 Å². The number of nitrogens with zero attached hydrogens (tertiary/aromatic N) is 9. The molecule has 0 saturated heterocycles. The van der Waals surface area contributed by atoms with Gasteiger partial charge in [0.05, 0.1) is 12.2 Å². The SMILES string of the molecule is CNc1nc(C(F)(F)F)c(-c2nnc(SCc3cn(Cc4cnc(C)nc4N)nn3)n2N)s1. The molecule has 12 nitrogen and oxygen atoms in total. The summed E-state index contributed by atoms with van der Waals surface area (Å²) in [6, 6.07) is 0. The molecule has 0 bridgehead atoms. The van der Waals surface area contributed by atoms with Gasteiger partial charge in [-0.3, -0.25) is 0 Å². The zero-order chi connectivity index (χ0) is 23.8. The minimum atomic E-state index is -4.66. The molecule has 4 rings (SSSR count). The van der Waals surface area contributed by atoms with Crippen LogP contribution in [0.3, 0.4) is 0 Å². The van der Waals surface area contributed by atoms with E-state index in [0.717, 1.165) is 27.8 Å². The van der Waals surface area contributed by atoms with Gasteiger partial charge in [0.1, 0.15) is 16.5 Å². The molecular weight excluding hydrogens is 481 g/mol. The van der Waals surface area contributed by atoms with E-state index in [0.29, 0.717) is 35.2 Å². The van der Waals surface area contributed by atoms with E-state index < -0.39 is 11.9 Å². The fourth-order valence-electron chi connectivity index (χ4n) is 2.73. The quantitative estimate of drug-likeness (QED) is 0.251. The molecule has 5 N–H and O–H groups in total. The summed E-state index contributed by atoms with van der Waals surface area (Å²) in [5.41, 5.74) is 6.12. The Bertz CT molecular complexity index is 1280. The zero-order valence-electron chi connectivity index (χ0n) is 17.2. The smallest absolute Gasteiger partial charge is 0.383 e. The Morgan fingerprint density at radius 2 is 2.00 bits per heavy atom. The van der Waals surface area contributed by atoms with Gasteiger partial charge in [-0.05, 0) is 6.92 Å². The zero-order valence-corrected chi connectivity index (χ0v) is 18.8. The molecule has 4 aromatic heterocycles. The fourth-order valence-corrected chi connectivity index (χ4v) is 4.38. The van der Waals surface area contributed by atoms with Gasteiger partial charge in [0.2, 0.25) is 5.16 Å². The van der Waals surface area contributed by atoms with Crippen molar-refractivity contribution in [1.82, 2.24) is 44.8 Å². The van der Waals surface area contributed by atoms with E-state index in [1.54, 1.807) is 24.0 Å². The van der Waals surface area contributed by atoms with E-state index in [-0.39, 0.29) is 21.0 Å². The van der Waals surface area contributed by atoms with Crippen molar-refractivity contribution in [3.8, 4) is 10.7 Å². The van der Waals surface area contributed by atoms with Crippen LogP contribution in [0, 0.1) is 6.92 Å². The highest BCUT2D eigenvalue weighted by Crippen LogP contribution is 2.41. The molecule has 0 aromatic carbocycles. The van der Waals surface area contributed by atoms with Gasteiger partial charge in [0, 0.05) is 30.8 Å². The van der Waals surface area contributed by atoms with Crippen molar-refractivity contribution in [1.29, 1.82) is 0 Å². The average Bonchev–Trinajstić information content (AvgIpc) is 3.46. The van der Waals surface area contributed by atoms with Gasteiger partial charge in [0.25, 0.3) is 0 Å². The summed E-state index contributed by atoms with van der Waals surface area (Å²) in [7, 11) is 1.48. The number of nitrogen functional groups attached to an aromatic ring is 2. The second-order valence-electron chi connectivity index (χ2n) is 6.64. The highest BCUT2D eigenvalue weighted by Gasteiger charge is 2.39. The third-order valence-corrected chi connectivity index (χ3v) is 6.31. The van der Waals surface area contributed by atoms with Crippen molar-refractivity contribution in [3.63, 3.8) is 0 Å². The van der Waals surface area contributed by atoms with Gasteiger partial charge in [-0.25, -0.2) is 24.3 Å². The number of nitrogens with two attached hydrogens (primary N) is 2. The summed E-state index contributed by atoms with van der Waals surface area (Å²) in [5.74, 6) is 7.10. The van der Waals surface area contributed by atoms with Gasteiger partial charge < -0.3 is 16.9 Å². The predicted molar refractivity (Wildman–Crippen MR) is 116 cm³/mol. The first-order chi connectivity index (χ1) is 15.7. The molecule has 0 aliphatic heterocycles. The lowest BCUT2D eigenvalue weighted by Gasteiger charge is -2.06. The van der Waals surface area contributed by atoms with Crippen molar-refractivity contribution in [2.75, 3.05) is 23.9 Å². The molecule has 33 heavy (non-hydrogen) atoms. The monoisotopic (exact) mass is 498 g/mol. The van der Waals surface area contributed by atoms with Crippen LogP contribution in [-0.2, 0) is 18.5 Å². The summed E-state index contributed by atoms with van der Waals surface area (Å²) >= 11 is 1.94. The van der Waals surface area contributed by atoms with Gasteiger partial charge in [0.15, 0.2) is 16.6 Å². The van der Waals surface area contributed by atoms with E-state index in [1.165, 1.54) is 7.05 Å². The number of aromatic nitrogens is 9. The molecule has 0 atom stereocenters. The second-order valence-corrected chi connectivity index (χ2v) is 8.59. The molecule has 17 heteroatoms. The van der Waals surface area contributed by atoms with E-state index in [1.807, 2.05) is 0 Å². The molecular formula is C16H17F3N12S2. The number of thioether (sulfide) groups is 1. The van der Waals surface area contributed by atoms with Gasteiger partial charge in [-0.2, -0.15) is 13.2 Å². The highest BCUT2D eigenvalue weighted by atomic mass is 32.2. The summed E-state index contributed by atoms with van der Waals surface area (Å²) in [5, 5.41) is 18.8. The summed E-state index contributed by atoms with van der Waals surface area (Å²) in [6.07, 6.45) is -1.33. The average molecular weight is 499 g/mol. The van der Waals surface area contributed by atoms with Gasteiger partial charge in [-0.1, -0.05) is 28.3 Å². The third kappa shape index (κ3) is 4.82. The number of aryl methyl sites for hydroxylation is 1. The Hall–Kier alpha value is -3.47.